The van der Waals surface area contributed by atoms with Crippen molar-refractivity contribution < 1.29 is 31.9 Å². The van der Waals surface area contributed by atoms with Crippen LogP contribution >= 0.6 is 11.6 Å². The maximum atomic E-state index is 15.1. The van der Waals surface area contributed by atoms with E-state index in [0.717, 1.165) is 30.2 Å². The molecule has 0 bridgehead atoms. The van der Waals surface area contributed by atoms with Gasteiger partial charge in [0.15, 0.2) is 17.3 Å². The first-order valence-corrected chi connectivity index (χ1v) is 18.0. The molecule has 2 aromatic carbocycles. The number of halogens is 5. The van der Waals surface area contributed by atoms with Gasteiger partial charge in [-0.3, -0.25) is 18.9 Å². The Labute approximate surface area is 319 Å². The Morgan fingerprint density at radius 1 is 1.04 bits per heavy atom. The van der Waals surface area contributed by atoms with Crippen molar-refractivity contribution in [3.05, 3.63) is 95.5 Å². The first kappa shape index (κ1) is 38.0. The number of imidazole rings is 1. The highest BCUT2D eigenvalue weighted by Crippen LogP contribution is 2.59. The number of esters is 1. The molecule has 11 nitrogen and oxygen atoms in total. The maximum absolute atomic E-state index is 15.1. The number of pyridine rings is 1. The third kappa shape index (κ3) is 7.05. The molecule has 4 heterocycles. The Kier molecular flexibility index (Phi) is 9.51. The lowest BCUT2D eigenvalue weighted by Crippen LogP contribution is -2.47. The van der Waals surface area contributed by atoms with Crippen molar-refractivity contribution in [1.29, 1.82) is 0 Å². The summed E-state index contributed by atoms with van der Waals surface area (Å²) in [6.07, 6.45) is 4.63. The molecule has 288 valence electrons. The second-order valence-electron chi connectivity index (χ2n) is 15.5. The maximum Gasteiger partial charge on any atom is 0.335 e. The monoisotopic (exact) mass is 778 g/mol. The van der Waals surface area contributed by atoms with Crippen molar-refractivity contribution in [3.63, 3.8) is 0 Å². The number of amides is 1. The normalized spacial score (nSPS) is 18.9. The fourth-order valence-electron chi connectivity index (χ4n) is 7.39. The number of carbonyl (C=O) groups excluding carboxylic acids is 2. The third-order valence-electron chi connectivity index (χ3n) is 10.3. The standard InChI is InChI=1S/C39H39ClF4N8O3/c1-36(2,3)21-39(25-11-8-23(9-12-25)28-19-46-30-7-5-6-16-50(28)30)33(54)51(35(45)49-39)29(20-55-31(53)18-38(14-15-38)37(4,43)44)24-10-13-27(40)26(17-24)32-47-22-48-52(32)34(41)42/h5-13,16-17,19,22,29,34H,14-15,18,20-21H2,1-4H3,(H2,45,49)/t29-,39-/m1/s1. The minimum Gasteiger partial charge on any atom is -0.463 e. The molecule has 55 heavy (non-hydrogen) atoms. The van der Waals surface area contributed by atoms with E-state index in [1.165, 1.54) is 23.1 Å². The Morgan fingerprint density at radius 2 is 1.76 bits per heavy atom. The molecule has 2 aliphatic rings. The average Bonchev–Trinajstić information content (AvgIpc) is 3.44. The molecular formula is C39H39ClF4N8O3. The van der Waals surface area contributed by atoms with Gasteiger partial charge >= 0.3 is 12.5 Å². The molecule has 0 spiro atoms. The van der Waals surface area contributed by atoms with Gasteiger partial charge in [0.25, 0.3) is 11.8 Å². The number of carbonyl (C=O) groups is 2. The lowest BCUT2D eigenvalue weighted by atomic mass is 9.75. The van der Waals surface area contributed by atoms with Gasteiger partial charge in [0.2, 0.25) is 0 Å². The van der Waals surface area contributed by atoms with E-state index >= 15 is 4.79 Å². The number of ether oxygens (including phenoxy) is 1. The summed E-state index contributed by atoms with van der Waals surface area (Å²) in [5, 5.41) is 3.66. The molecule has 5 aromatic rings. The Morgan fingerprint density at radius 3 is 2.42 bits per heavy atom. The topological polar surface area (TPSA) is 133 Å². The lowest BCUT2D eigenvalue weighted by molar-refractivity contribution is -0.153. The van der Waals surface area contributed by atoms with Gasteiger partial charge in [-0.15, -0.1) is 0 Å². The number of hydrogen-bond acceptors (Lipinski definition) is 8. The van der Waals surface area contributed by atoms with Gasteiger partial charge in [-0.1, -0.05) is 68.8 Å². The summed E-state index contributed by atoms with van der Waals surface area (Å²) >= 11 is 6.50. The van der Waals surface area contributed by atoms with E-state index in [1.54, 1.807) is 6.20 Å². The molecular weight excluding hydrogens is 740 g/mol. The highest BCUT2D eigenvalue weighted by molar-refractivity contribution is 6.33. The third-order valence-corrected chi connectivity index (χ3v) is 10.7. The van der Waals surface area contributed by atoms with Gasteiger partial charge in [0.1, 0.15) is 18.6 Å². The summed E-state index contributed by atoms with van der Waals surface area (Å²) in [5.74, 6) is -4.96. The lowest BCUT2D eigenvalue weighted by Gasteiger charge is -2.35. The zero-order chi connectivity index (χ0) is 39.5. The van der Waals surface area contributed by atoms with Gasteiger partial charge in [-0.05, 0) is 67.0 Å². The Bertz CT molecular complexity index is 2290. The van der Waals surface area contributed by atoms with E-state index in [0.29, 0.717) is 10.2 Å². The number of aliphatic imine (C=N–C) groups is 1. The van der Waals surface area contributed by atoms with Crippen LogP contribution in [0.25, 0.3) is 28.3 Å². The molecule has 2 N–H and O–H groups in total. The van der Waals surface area contributed by atoms with E-state index in [4.69, 9.17) is 27.1 Å². The first-order valence-electron chi connectivity index (χ1n) is 17.7. The van der Waals surface area contributed by atoms with E-state index in [1.807, 2.05) is 73.8 Å². The van der Waals surface area contributed by atoms with E-state index in [9.17, 15) is 22.4 Å². The molecule has 7 rings (SSSR count). The minimum atomic E-state index is -3.10. The fourth-order valence-corrected chi connectivity index (χ4v) is 7.59. The summed E-state index contributed by atoms with van der Waals surface area (Å²) in [7, 11) is 0. The van der Waals surface area contributed by atoms with E-state index < -0.39 is 59.8 Å². The first-order chi connectivity index (χ1) is 25.9. The van der Waals surface area contributed by atoms with Crippen molar-refractivity contribution in [3.8, 4) is 22.6 Å². The largest absolute Gasteiger partial charge is 0.463 e. The average molecular weight is 779 g/mol. The van der Waals surface area contributed by atoms with Gasteiger partial charge < -0.3 is 10.5 Å². The number of nitrogens with zero attached hydrogens (tertiary/aromatic N) is 7. The summed E-state index contributed by atoms with van der Waals surface area (Å²) in [6, 6.07) is 16.3. The van der Waals surface area contributed by atoms with Crippen LogP contribution in [0.3, 0.4) is 0 Å². The zero-order valence-corrected chi connectivity index (χ0v) is 31.3. The fraction of sp³-hybridized carbons (Fsp3) is 0.385. The summed E-state index contributed by atoms with van der Waals surface area (Å²) < 4.78 is 64.6. The van der Waals surface area contributed by atoms with Gasteiger partial charge in [0.05, 0.1) is 29.4 Å². The number of rotatable bonds is 12. The number of benzene rings is 2. The van der Waals surface area contributed by atoms with Gasteiger partial charge in [-0.2, -0.15) is 18.6 Å². The predicted molar refractivity (Wildman–Crippen MR) is 197 cm³/mol. The molecule has 0 unspecified atom stereocenters. The van der Waals surface area contributed by atoms with Crippen molar-refractivity contribution >= 4 is 35.1 Å². The van der Waals surface area contributed by atoms with Crippen molar-refractivity contribution in [2.24, 2.45) is 21.6 Å². The molecule has 1 aliphatic carbocycles. The molecule has 0 saturated heterocycles. The zero-order valence-electron chi connectivity index (χ0n) is 30.5. The minimum absolute atomic E-state index is 0.0535. The molecule has 1 fully saturated rings. The molecule has 1 amide bonds. The molecule has 1 aliphatic heterocycles. The number of guanidine groups is 1. The van der Waals surface area contributed by atoms with Crippen LogP contribution < -0.4 is 5.73 Å². The number of nitrogens with two attached hydrogens (primary N) is 1. The molecule has 0 radical (unpaired) electrons. The Balaban J connectivity index is 1.28. The second-order valence-corrected chi connectivity index (χ2v) is 15.9. The second kappa shape index (κ2) is 13.8. The van der Waals surface area contributed by atoms with Crippen LogP contribution in [0.1, 0.15) is 77.1 Å². The molecule has 3 aromatic heterocycles. The van der Waals surface area contributed by atoms with Crippen molar-refractivity contribution in [2.45, 2.75) is 77.4 Å². The SMILES string of the molecule is CC(C)(C)C[C@]1(c2ccc(-c3cnc4ccccn34)cc2)N=C(N)N([C@H](COC(=O)CC2(C(C)(F)F)CC2)c2ccc(Cl)c(-c3ncnn3C(F)F)c2)C1=O. The van der Waals surface area contributed by atoms with Crippen LogP contribution in [0, 0.1) is 10.8 Å². The highest BCUT2D eigenvalue weighted by atomic mass is 35.5. The van der Waals surface area contributed by atoms with E-state index in [-0.39, 0.29) is 47.2 Å². The summed E-state index contributed by atoms with van der Waals surface area (Å²) in [6.45, 7) is 3.11. The van der Waals surface area contributed by atoms with Crippen LogP contribution in [-0.2, 0) is 19.9 Å². The smallest absolute Gasteiger partial charge is 0.335 e. The number of aromatic nitrogens is 5. The van der Waals surface area contributed by atoms with E-state index in [2.05, 4.69) is 15.1 Å². The van der Waals surface area contributed by atoms with Crippen LogP contribution in [0.15, 0.2) is 84.4 Å². The summed E-state index contributed by atoms with van der Waals surface area (Å²) in [4.78, 5) is 42.8. The van der Waals surface area contributed by atoms with Gasteiger partial charge in [-0.25, -0.2) is 23.7 Å². The molecule has 1 saturated carbocycles. The summed E-state index contributed by atoms with van der Waals surface area (Å²) in [5.41, 5.74) is 6.50. The van der Waals surface area contributed by atoms with Gasteiger partial charge in [0, 0.05) is 22.7 Å². The van der Waals surface area contributed by atoms with Crippen LogP contribution in [-0.4, -0.2) is 59.4 Å². The van der Waals surface area contributed by atoms with Crippen LogP contribution in [0.4, 0.5) is 17.6 Å². The Hall–Kier alpha value is -5.31. The van der Waals surface area contributed by atoms with Crippen LogP contribution in [0.5, 0.6) is 0 Å². The van der Waals surface area contributed by atoms with Crippen molar-refractivity contribution in [2.75, 3.05) is 6.61 Å². The van der Waals surface area contributed by atoms with Crippen molar-refractivity contribution in [1.82, 2.24) is 29.0 Å². The number of alkyl halides is 4. The predicted octanol–water partition coefficient (Wildman–Crippen LogP) is 8.21. The molecule has 16 heteroatoms. The number of hydrogen-bond donors (Lipinski definition) is 1. The quantitative estimate of drug-likeness (QED) is 0.0998. The molecule has 2 atom stereocenters. The van der Waals surface area contributed by atoms with Crippen LogP contribution in [0.2, 0.25) is 5.02 Å². The number of fused-ring (bicyclic) bond motifs is 1. The highest BCUT2D eigenvalue weighted by Gasteiger charge is 2.60.